The number of rotatable bonds is 6. The van der Waals surface area contributed by atoms with Gasteiger partial charge < -0.3 is 10.1 Å². The van der Waals surface area contributed by atoms with Gasteiger partial charge in [0.15, 0.2) is 6.61 Å². The first-order chi connectivity index (χ1) is 13.0. The number of halogens is 1. The second-order valence-electron chi connectivity index (χ2n) is 6.45. The van der Waals surface area contributed by atoms with E-state index in [2.05, 4.69) is 5.32 Å². The van der Waals surface area contributed by atoms with E-state index in [1.54, 1.807) is 24.3 Å². The molecule has 1 aliphatic carbocycles. The van der Waals surface area contributed by atoms with E-state index in [4.69, 9.17) is 16.3 Å². The topological polar surface area (TPSA) is 92.8 Å². The molecule has 0 saturated carbocycles. The Bertz CT molecular complexity index is 781. The van der Waals surface area contributed by atoms with Crippen molar-refractivity contribution in [2.45, 2.75) is 19.3 Å². The summed E-state index contributed by atoms with van der Waals surface area (Å²) in [5, 5.41) is 3.03. The number of hydrogen-bond acceptors (Lipinski definition) is 5. The van der Waals surface area contributed by atoms with Crippen molar-refractivity contribution in [3.63, 3.8) is 0 Å². The highest BCUT2D eigenvalue weighted by molar-refractivity contribution is 6.30. The van der Waals surface area contributed by atoms with Gasteiger partial charge in [-0.15, -0.1) is 0 Å². The Balaban J connectivity index is 1.43. The molecule has 142 valence electrons. The quantitative estimate of drug-likeness (QED) is 0.456. The van der Waals surface area contributed by atoms with Crippen molar-refractivity contribution in [3.05, 3.63) is 41.4 Å². The summed E-state index contributed by atoms with van der Waals surface area (Å²) in [6.45, 7) is -0.484. The molecule has 0 aromatic heterocycles. The van der Waals surface area contributed by atoms with Crippen molar-refractivity contribution in [1.82, 2.24) is 4.90 Å². The van der Waals surface area contributed by atoms with Crippen LogP contribution < -0.4 is 5.32 Å². The van der Waals surface area contributed by atoms with Gasteiger partial charge in [0.05, 0.1) is 18.3 Å². The molecule has 3 rings (SSSR count). The number of anilines is 1. The lowest BCUT2D eigenvalue weighted by molar-refractivity contribution is -0.148. The maximum atomic E-state index is 12.3. The van der Waals surface area contributed by atoms with Crippen LogP contribution in [0, 0.1) is 11.8 Å². The third-order valence-electron chi connectivity index (χ3n) is 4.61. The number of likely N-dealkylation sites (tertiary alicyclic amines) is 1. The summed E-state index contributed by atoms with van der Waals surface area (Å²) in [6.07, 6.45) is 4.78. The summed E-state index contributed by atoms with van der Waals surface area (Å²) in [5.41, 5.74) is 0.494. The van der Waals surface area contributed by atoms with Crippen molar-refractivity contribution in [2.75, 3.05) is 18.5 Å². The molecule has 1 heterocycles. The Morgan fingerprint density at radius 1 is 1.15 bits per heavy atom. The largest absolute Gasteiger partial charge is 0.456 e. The fourth-order valence-corrected chi connectivity index (χ4v) is 3.46. The molecule has 3 amide bonds. The average Bonchev–Trinajstić information content (AvgIpc) is 2.89. The van der Waals surface area contributed by atoms with Gasteiger partial charge in [0.1, 0.15) is 0 Å². The van der Waals surface area contributed by atoms with Crippen LogP contribution in [0.1, 0.15) is 19.3 Å². The smallest absolute Gasteiger partial charge is 0.308 e. The van der Waals surface area contributed by atoms with Crippen LogP contribution in [-0.4, -0.2) is 41.7 Å². The minimum Gasteiger partial charge on any atom is -0.456 e. The van der Waals surface area contributed by atoms with Crippen LogP contribution in [0.4, 0.5) is 5.69 Å². The number of fused-ring (bicyclic) bond motifs is 1. The monoisotopic (exact) mass is 390 g/mol. The third kappa shape index (κ3) is 4.54. The molecule has 1 aromatic carbocycles. The molecule has 1 aliphatic heterocycles. The number of ether oxygens (including phenoxy) is 1. The van der Waals surface area contributed by atoms with Gasteiger partial charge in [-0.2, -0.15) is 0 Å². The number of carbonyl (C=O) groups excluding carboxylic acids is 4. The van der Waals surface area contributed by atoms with E-state index in [1.165, 1.54) is 0 Å². The van der Waals surface area contributed by atoms with E-state index in [1.807, 2.05) is 12.2 Å². The minimum atomic E-state index is -0.648. The van der Waals surface area contributed by atoms with E-state index in [0.29, 0.717) is 23.6 Å². The van der Waals surface area contributed by atoms with Crippen LogP contribution in [0.5, 0.6) is 0 Å². The molecule has 27 heavy (non-hydrogen) atoms. The zero-order valence-electron chi connectivity index (χ0n) is 14.5. The van der Waals surface area contributed by atoms with Gasteiger partial charge in [-0.1, -0.05) is 29.8 Å². The van der Waals surface area contributed by atoms with Gasteiger partial charge in [-0.3, -0.25) is 24.1 Å². The van der Waals surface area contributed by atoms with E-state index in [-0.39, 0.29) is 36.6 Å². The maximum Gasteiger partial charge on any atom is 0.308 e. The lowest BCUT2D eigenvalue weighted by atomic mass is 9.85. The number of allylic oxidation sites excluding steroid dienone is 2. The van der Waals surface area contributed by atoms with Crippen LogP contribution in [-0.2, 0) is 23.9 Å². The highest BCUT2D eigenvalue weighted by atomic mass is 35.5. The number of benzene rings is 1. The standard InChI is InChI=1S/C19H19ClN2O5/c20-12-4-3-5-13(10-12)21-16(23)11-27-17(24)8-9-22-18(25)14-6-1-2-7-15(14)19(22)26/h1-5,10,14-15H,6-9,11H2,(H,21,23)/t14-,15-/m1/s1. The van der Waals surface area contributed by atoms with E-state index < -0.39 is 18.5 Å². The first-order valence-corrected chi connectivity index (χ1v) is 9.05. The molecule has 0 radical (unpaired) electrons. The molecular weight excluding hydrogens is 372 g/mol. The molecular formula is C19H19ClN2O5. The Morgan fingerprint density at radius 2 is 1.81 bits per heavy atom. The van der Waals surface area contributed by atoms with Crippen LogP contribution in [0.15, 0.2) is 36.4 Å². The predicted octanol–water partition coefficient (Wildman–Crippen LogP) is 2.16. The summed E-state index contributed by atoms with van der Waals surface area (Å²) in [5.74, 6) is -2.26. The molecule has 2 atom stereocenters. The zero-order chi connectivity index (χ0) is 19.4. The molecule has 0 unspecified atom stereocenters. The SMILES string of the molecule is O=C(COC(=O)CCN1C(=O)[C@@H]2CC=CC[C@H]2C1=O)Nc1cccc(Cl)c1. The summed E-state index contributed by atoms with van der Waals surface area (Å²) >= 11 is 5.83. The zero-order valence-corrected chi connectivity index (χ0v) is 15.3. The van der Waals surface area contributed by atoms with Gasteiger partial charge in [0.2, 0.25) is 11.8 Å². The van der Waals surface area contributed by atoms with Gasteiger partial charge in [-0.05, 0) is 31.0 Å². The number of nitrogens with zero attached hydrogens (tertiary/aromatic N) is 1. The van der Waals surface area contributed by atoms with Gasteiger partial charge in [-0.25, -0.2) is 0 Å². The van der Waals surface area contributed by atoms with Crippen molar-refractivity contribution in [3.8, 4) is 0 Å². The Labute approximate surface area is 161 Å². The van der Waals surface area contributed by atoms with Crippen molar-refractivity contribution in [1.29, 1.82) is 0 Å². The van der Waals surface area contributed by atoms with Gasteiger partial charge in [0.25, 0.3) is 5.91 Å². The molecule has 8 heteroatoms. The minimum absolute atomic E-state index is 0.0284. The second kappa shape index (κ2) is 8.35. The van der Waals surface area contributed by atoms with Gasteiger partial charge >= 0.3 is 5.97 Å². The number of nitrogens with one attached hydrogen (secondary N) is 1. The summed E-state index contributed by atoms with van der Waals surface area (Å²) in [7, 11) is 0. The number of hydrogen-bond donors (Lipinski definition) is 1. The number of esters is 1. The van der Waals surface area contributed by atoms with Crippen LogP contribution in [0.2, 0.25) is 5.02 Å². The highest BCUT2D eigenvalue weighted by Gasteiger charge is 2.46. The third-order valence-corrected chi connectivity index (χ3v) is 4.85. The molecule has 0 bridgehead atoms. The van der Waals surface area contributed by atoms with E-state index >= 15 is 0 Å². The van der Waals surface area contributed by atoms with Crippen LogP contribution in [0.3, 0.4) is 0 Å². The molecule has 1 aromatic rings. The number of amides is 3. The van der Waals surface area contributed by atoms with Crippen LogP contribution >= 0.6 is 11.6 Å². The predicted molar refractivity (Wildman–Crippen MR) is 97.7 cm³/mol. The van der Waals surface area contributed by atoms with Crippen molar-refractivity contribution >= 4 is 41.0 Å². The van der Waals surface area contributed by atoms with Crippen LogP contribution in [0.25, 0.3) is 0 Å². The molecule has 1 saturated heterocycles. The Kier molecular flexibility index (Phi) is 5.91. The highest BCUT2D eigenvalue weighted by Crippen LogP contribution is 2.34. The Morgan fingerprint density at radius 3 is 2.44 bits per heavy atom. The van der Waals surface area contributed by atoms with E-state index in [0.717, 1.165) is 4.90 Å². The van der Waals surface area contributed by atoms with E-state index in [9.17, 15) is 19.2 Å². The molecule has 1 N–H and O–H groups in total. The number of imide groups is 1. The van der Waals surface area contributed by atoms with Crippen molar-refractivity contribution < 1.29 is 23.9 Å². The van der Waals surface area contributed by atoms with Crippen molar-refractivity contribution in [2.24, 2.45) is 11.8 Å². The molecule has 0 spiro atoms. The number of carbonyl (C=O) groups is 4. The lowest BCUT2D eigenvalue weighted by Crippen LogP contribution is -2.33. The lowest BCUT2D eigenvalue weighted by Gasteiger charge is -2.14. The summed E-state index contributed by atoms with van der Waals surface area (Å²) < 4.78 is 4.91. The molecule has 1 fully saturated rings. The first-order valence-electron chi connectivity index (χ1n) is 8.67. The Hall–Kier alpha value is -2.67. The van der Waals surface area contributed by atoms with Gasteiger partial charge in [0, 0.05) is 17.3 Å². The molecule has 2 aliphatic rings. The normalized spacial score (nSPS) is 21.1. The summed E-state index contributed by atoms with van der Waals surface area (Å²) in [6, 6.07) is 6.58. The maximum absolute atomic E-state index is 12.3. The fourth-order valence-electron chi connectivity index (χ4n) is 3.27. The summed E-state index contributed by atoms with van der Waals surface area (Å²) in [4.78, 5) is 49.4. The first kappa shape index (κ1) is 19.1. The fraction of sp³-hybridized carbons (Fsp3) is 0.368. The molecule has 7 nitrogen and oxygen atoms in total. The average molecular weight is 391 g/mol. The second-order valence-corrected chi connectivity index (χ2v) is 6.89.